The van der Waals surface area contributed by atoms with Gasteiger partial charge in [0.1, 0.15) is 0 Å². The SMILES string of the molecule is CC1(C)c2cc(-c3ccc(C=N/C(=C\C(=N)c4ccccc4)c4ccc(-c5cccc6ccccc56)cc4)c4ccccc34)ccc2-c2c1ccc1ccccc21. The Morgan fingerprint density at radius 3 is 1.88 bits per heavy atom. The largest absolute Gasteiger partial charge is 0.300 e. The van der Waals surface area contributed by atoms with Gasteiger partial charge in [-0.05, 0) is 94.5 Å². The third kappa shape index (κ3) is 5.98. The molecule has 2 heteroatoms. The predicted octanol–water partition coefficient (Wildman–Crippen LogP) is 14.3. The van der Waals surface area contributed by atoms with E-state index in [1.807, 2.05) is 42.6 Å². The summed E-state index contributed by atoms with van der Waals surface area (Å²) in [7, 11) is 0. The third-order valence-corrected chi connectivity index (χ3v) is 11.8. The fraction of sp³-hybridized carbons (Fsp3) is 0.0545. The Morgan fingerprint density at radius 2 is 1.09 bits per heavy atom. The highest BCUT2D eigenvalue weighted by atomic mass is 14.7. The van der Waals surface area contributed by atoms with E-state index in [4.69, 9.17) is 10.4 Å². The minimum atomic E-state index is -0.115. The highest BCUT2D eigenvalue weighted by Gasteiger charge is 2.36. The van der Waals surface area contributed by atoms with E-state index in [0.29, 0.717) is 5.71 Å². The number of nitrogens with zero attached hydrogens (tertiary/aromatic N) is 1. The molecule has 10 rings (SSSR count). The Kier molecular flexibility index (Phi) is 8.34. The van der Waals surface area contributed by atoms with Crippen molar-refractivity contribution in [2.75, 3.05) is 0 Å². The summed E-state index contributed by atoms with van der Waals surface area (Å²) < 4.78 is 0. The molecule has 0 radical (unpaired) electrons. The minimum absolute atomic E-state index is 0.115. The van der Waals surface area contributed by atoms with Crippen molar-refractivity contribution >= 4 is 49.9 Å². The first-order valence-corrected chi connectivity index (χ1v) is 19.6. The number of aliphatic imine (C=N–C) groups is 1. The lowest BCUT2D eigenvalue weighted by Crippen LogP contribution is -2.15. The molecule has 0 aromatic heterocycles. The molecule has 0 amide bonds. The van der Waals surface area contributed by atoms with E-state index in [-0.39, 0.29) is 5.41 Å². The van der Waals surface area contributed by atoms with Gasteiger partial charge in [-0.2, -0.15) is 0 Å². The van der Waals surface area contributed by atoms with E-state index in [1.165, 1.54) is 65.9 Å². The molecule has 0 fully saturated rings. The molecule has 0 aliphatic heterocycles. The van der Waals surface area contributed by atoms with Gasteiger partial charge in [-0.1, -0.05) is 196 Å². The highest BCUT2D eigenvalue weighted by Crippen LogP contribution is 2.52. The van der Waals surface area contributed by atoms with Crippen LogP contribution in [0.4, 0.5) is 0 Å². The molecule has 1 N–H and O–H groups in total. The van der Waals surface area contributed by atoms with Crippen LogP contribution in [0, 0.1) is 5.41 Å². The quantitative estimate of drug-likeness (QED) is 0.159. The van der Waals surface area contributed by atoms with E-state index >= 15 is 0 Å². The molecule has 0 bridgehead atoms. The maximum atomic E-state index is 9.03. The standard InChI is InChI=1S/C55H40N2/c1-55(2)50-32-29-37-14-7-9-20-47(37)54(50)49-31-27-41(33-51(49)55)46-30-28-42(45-19-10-11-21-48(45)46)35-57-53(34-52(56)39-15-4-3-5-16-39)40-25-23-38(24-26-40)44-22-12-17-36-13-6-8-18-43(36)44/h3-35,56H,1-2H3/b53-34-,56-52?,57-35?. The number of allylic oxidation sites excluding steroid dienone is 1. The second-order valence-electron chi connectivity index (χ2n) is 15.5. The smallest absolute Gasteiger partial charge is 0.0723 e. The molecule has 9 aromatic carbocycles. The maximum absolute atomic E-state index is 9.03. The second-order valence-corrected chi connectivity index (χ2v) is 15.5. The number of hydrogen-bond acceptors (Lipinski definition) is 2. The lowest BCUT2D eigenvalue weighted by molar-refractivity contribution is 0.661. The molecular weight excluding hydrogens is 689 g/mol. The Hall–Kier alpha value is -7.16. The summed E-state index contributed by atoms with van der Waals surface area (Å²) in [5.41, 5.74) is 14.0. The van der Waals surface area contributed by atoms with Gasteiger partial charge in [-0.25, -0.2) is 0 Å². The summed E-state index contributed by atoms with van der Waals surface area (Å²) in [6, 6.07) is 66.8. The van der Waals surface area contributed by atoms with Gasteiger partial charge in [0.2, 0.25) is 0 Å². The van der Waals surface area contributed by atoms with Gasteiger partial charge in [0, 0.05) is 22.8 Å². The average Bonchev–Trinajstić information content (AvgIpc) is 3.50. The van der Waals surface area contributed by atoms with Gasteiger partial charge in [0.05, 0.1) is 11.4 Å². The van der Waals surface area contributed by atoms with Gasteiger partial charge in [0.25, 0.3) is 0 Å². The first kappa shape index (κ1) is 34.3. The van der Waals surface area contributed by atoms with Crippen LogP contribution >= 0.6 is 0 Å². The molecule has 0 unspecified atom stereocenters. The molecule has 270 valence electrons. The van der Waals surface area contributed by atoms with Gasteiger partial charge in [-0.3, -0.25) is 4.99 Å². The molecule has 2 nitrogen and oxygen atoms in total. The average molecular weight is 729 g/mol. The molecule has 1 aliphatic carbocycles. The Labute approximate surface area is 333 Å². The first-order chi connectivity index (χ1) is 27.9. The van der Waals surface area contributed by atoms with Gasteiger partial charge >= 0.3 is 0 Å². The Balaban J connectivity index is 1.03. The molecule has 0 saturated heterocycles. The molecule has 9 aromatic rings. The van der Waals surface area contributed by atoms with Crippen LogP contribution in [0.15, 0.2) is 199 Å². The predicted molar refractivity (Wildman–Crippen MR) is 243 cm³/mol. The van der Waals surface area contributed by atoms with Crippen molar-refractivity contribution in [3.63, 3.8) is 0 Å². The fourth-order valence-electron chi connectivity index (χ4n) is 8.83. The minimum Gasteiger partial charge on any atom is -0.300 e. The van der Waals surface area contributed by atoms with Crippen LogP contribution in [0.1, 0.15) is 41.7 Å². The molecule has 0 spiro atoms. The van der Waals surface area contributed by atoms with Crippen LogP contribution in [0.5, 0.6) is 0 Å². The second kappa shape index (κ2) is 13.8. The normalized spacial score (nSPS) is 13.3. The summed E-state index contributed by atoms with van der Waals surface area (Å²) in [5, 5.41) is 16.4. The number of hydrogen-bond donors (Lipinski definition) is 1. The summed E-state index contributed by atoms with van der Waals surface area (Å²) in [6.45, 7) is 4.71. The topological polar surface area (TPSA) is 36.2 Å². The van der Waals surface area contributed by atoms with E-state index < -0.39 is 0 Å². The lowest BCUT2D eigenvalue weighted by atomic mass is 9.81. The van der Waals surface area contributed by atoms with Crippen molar-refractivity contribution in [1.29, 1.82) is 5.41 Å². The van der Waals surface area contributed by atoms with Crippen LogP contribution in [-0.2, 0) is 5.41 Å². The van der Waals surface area contributed by atoms with Crippen LogP contribution in [-0.4, -0.2) is 11.9 Å². The van der Waals surface area contributed by atoms with Gasteiger partial charge in [-0.15, -0.1) is 0 Å². The van der Waals surface area contributed by atoms with E-state index in [1.54, 1.807) is 0 Å². The number of nitrogens with one attached hydrogen (secondary N) is 1. The van der Waals surface area contributed by atoms with Crippen LogP contribution in [0.3, 0.4) is 0 Å². The molecule has 0 heterocycles. The van der Waals surface area contributed by atoms with Crippen molar-refractivity contribution in [1.82, 2.24) is 0 Å². The first-order valence-electron chi connectivity index (χ1n) is 19.6. The number of rotatable bonds is 7. The maximum Gasteiger partial charge on any atom is 0.0723 e. The summed E-state index contributed by atoms with van der Waals surface area (Å²) >= 11 is 0. The zero-order chi connectivity index (χ0) is 38.5. The Morgan fingerprint density at radius 1 is 0.474 bits per heavy atom. The van der Waals surface area contributed by atoms with Crippen LogP contribution in [0.25, 0.3) is 71.4 Å². The van der Waals surface area contributed by atoms with Crippen molar-refractivity contribution in [3.8, 4) is 33.4 Å². The Bertz CT molecular complexity index is 3090. The molecule has 57 heavy (non-hydrogen) atoms. The molecule has 1 aliphatic rings. The van der Waals surface area contributed by atoms with Crippen molar-refractivity contribution in [2.24, 2.45) is 4.99 Å². The third-order valence-electron chi connectivity index (χ3n) is 11.8. The van der Waals surface area contributed by atoms with Crippen molar-refractivity contribution < 1.29 is 0 Å². The van der Waals surface area contributed by atoms with E-state index in [2.05, 4.69) is 172 Å². The summed E-state index contributed by atoms with van der Waals surface area (Å²) in [4.78, 5) is 5.14. The molecular formula is C55H40N2. The molecule has 0 saturated carbocycles. The highest BCUT2D eigenvalue weighted by molar-refractivity contribution is 6.12. The summed E-state index contributed by atoms with van der Waals surface area (Å²) in [6.07, 6.45) is 3.84. The van der Waals surface area contributed by atoms with E-state index in [9.17, 15) is 0 Å². The zero-order valence-electron chi connectivity index (χ0n) is 32.0. The number of fused-ring (bicyclic) bond motifs is 7. The number of benzene rings is 9. The fourth-order valence-corrected chi connectivity index (χ4v) is 8.83. The summed E-state index contributed by atoms with van der Waals surface area (Å²) in [5.74, 6) is 0. The van der Waals surface area contributed by atoms with Crippen LogP contribution < -0.4 is 0 Å². The van der Waals surface area contributed by atoms with Crippen molar-refractivity contribution in [2.45, 2.75) is 19.3 Å². The molecule has 0 atom stereocenters. The zero-order valence-corrected chi connectivity index (χ0v) is 32.0. The van der Waals surface area contributed by atoms with E-state index in [0.717, 1.165) is 33.3 Å². The van der Waals surface area contributed by atoms with Crippen LogP contribution in [0.2, 0.25) is 0 Å². The van der Waals surface area contributed by atoms with Crippen molar-refractivity contribution in [3.05, 3.63) is 222 Å². The lowest BCUT2D eigenvalue weighted by Gasteiger charge is -2.22. The monoisotopic (exact) mass is 728 g/mol. The van der Waals surface area contributed by atoms with Gasteiger partial charge < -0.3 is 5.41 Å². The van der Waals surface area contributed by atoms with Gasteiger partial charge in [0.15, 0.2) is 0 Å².